The van der Waals surface area contributed by atoms with Gasteiger partial charge in [0.1, 0.15) is 5.75 Å². The van der Waals surface area contributed by atoms with Crippen LogP contribution in [0.25, 0.3) is 0 Å². The minimum Gasteiger partial charge on any atom is -0.508 e. The second kappa shape index (κ2) is 7.41. The van der Waals surface area contributed by atoms with Crippen LogP contribution in [0.2, 0.25) is 0 Å². The van der Waals surface area contributed by atoms with Gasteiger partial charge in [-0.25, -0.2) is 0 Å². The van der Waals surface area contributed by atoms with Gasteiger partial charge < -0.3 is 5.11 Å². The van der Waals surface area contributed by atoms with E-state index in [2.05, 4.69) is 9.93 Å². The van der Waals surface area contributed by atoms with Crippen LogP contribution in [-0.4, -0.2) is 19.2 Å². The molecule has 0 aromatic heterocycles. The summed E-state index contributed by atoms with van der Waals surface area (Å²) in [4.78, 5) is 2.42. The molecule has 0 amide bonds. The van der Waals surface area contributed by atoms with Crippen molar-refractivity contribution in [2.45, 2.75) is 11.8 Å². The maximum atomic E-state index is 12.5. The molecule has 0 saturated carbocycles. The Morgan fingerprint density at radius 2 is 1.54 bits per heavy atom. The standard InChI is InChI=1S/C20H18N2O3S/c1-15-10-12-19(13-11-15)26(24,25)22-21-20(16-6-3-2-4-7-16)17-8-5-9-18(23)14-17/h2-14,22-23H,1H3/b21-20-. The normalized spacial score (nSPS) is 12.0. The van der Waals surface area contributed by atoms with E-state index in [4.69, 9.17) is 0 Å². The Hall–Kier alpha value is -3.12. The van der Waals surface area contributed by atoms with E-state index in [0.717, 1.165) is 11.1 Å². The Morgan fingerprint density at radius 3 is 2.19 bits per heavy atom. The molecule has 0 bridgehead atoms. The number of nitrogens with one attached hydrogen (secondary N) is 1. The van der Waals surface area contributed by atoms with Gasteiger partial charge in [0.2, 0.25) is 0 Å². The van der Waals surface area contributed by atoms with Gasteiger partial charge >= 0.3 is 0 Å². The van der Waals surface area contributed by atoms with E-state index in [1.165, 1.54) is 18.2 Å². The summed E-state index contributed by atoms with van der Waals surface area (Å²) in [5, 5.41) is 13.9. The molecular weight excluding hydrogens is 348 g/mol. The zero-order chi connectivity index (χ0) is 18.6. The molecule has 0 atom stereocenters. The average Bonchev–Trinajstić information content (AvgIpc) is 2.63. The van der Waals surface area contributed by atoms with E-state index in [-0.39, 0.29) is 10.6 Å². The minimum absolute atomic E-state index is 0.0764. The lowest BCUT2D eigenvalue weighted by Crippen LogP contribution is -2.21. The fourth-order valence-corrected chi connectivity index (χ4v) is 3.23. The summed E-state index contributed by atoms with van der Waals surface area (Å²) >= 11 is 0. The molecule has 3 rings (SSSR count). The molecule has 0 radical (unpaired) electrons. The maximum Gasteiger partial charge on any atom is 0.276 e. The van der Waals surface area contributed by atoms with Crippen molar-refractivity contribution in [1.29, 1.82) is 0 Å². The Morgan fingerprint density at radius 1 is 0.885 bits per heavy atom. The first kappa shape index (κ1) is 17.7. The fraction of sp³-hybridized carbons (Fsp3) is 0.0500. The van der Waals surface area contributed by atoms with Crippen LogP contribution in [0.15, 0.2) is 88.9 Å². The summed E-state index contributed by atoms with van der Waals surface area (Å²) in [5.74, 6) is 0.0764. The molecule has 0 unspecified atom stereocenters. The van der Waals surface area contributed by atoms with Gasteiger partial charge in [-0.3, -0.25) is 0 Å². The topological polar surface area (TPSA) is 78.8 Å². The highest BCUT2D eigenvalue weighted by molar-refractivity contribution is 7.89. The molecule has 0 aliphatic heterocycles. The van der Waals surface area contributed by atoms with Crippen molar-refractivity contribution in [2.24, 2.45) is 5.10 Å². The van der Waals surface area contributed by atoms with Crippen molar-refractivity contribution in [1.82, 2.24) is 4.83 Å². The lowest BCUT2D eigenvalue weighted by Gasteiger charge is -2.10. The van der Waals surface area contributed by atoms with Crippen LogP contribution in [0.1, 0.15) is 16.7 Å². The van der Waals surface area contributed by atoms with Gasteiger partial charge in [0.15, 0.2) is 0 Å². The van der Waals surface area contributed by atoms with Gasteiger partial charge in [-0.15, -0.1) is 0 Å². The van der Waals surface area contributed by atoms with Crippen LogP contribution < -0.4 is 4.83 Å². The maximum absolute atomic E-state index is 12.5. The Bertz CT molecular complexity index is 1030. The molecular formula is C20H18N2O3S. The predicted octanol–water partition coefficient (Wildman–Crippen LogP) is 3.43. The molecule has 0 fully saturated rings. The van der Waals surface area contributed by atoms with Crippen LogP contribution in [0, 0.1) is 6.92 Å². The number of benzene rings is 3. The zero-order valence-corrected chi connectivity index (χ0v) is 14.9. The van der Waals surface area contributed by atoms with Crippen LogP contribution in [0.4, 0.5) is 0 Å². The molecule has 2 N–H and O–H groups in total. The van der Waals surface area contributed by atoms with Gasteiger partial charge in [-0.1, -0.05) is 60.2 Å². The number of aryl methyl sites for hydroxylation is 1. The number of sulfonamides is 1. The van der Waals surface area contributed by atoms with E-state index in [9.17, 15) is 13.5 Å². The number of phenols is 1. The quantitative estimate of drug-likeness (QED) is 0.536. The van der Waals surface area contributed by atoms with Crippen molar-refractivity contribution in [2.75, 3.05) is 0 Å². The largest absolute Gasteiger partial charge is 0.508 e. The molecule has 0 heterocycles. The molecule has 6 heteroatoms. The van der Waals surface area contributed by atoms with E-state index >= 15 is 0 Å². The lowest BCUT2D eigenvalue weighted by molar-refractivity contribution is 0.475. The van der Waals surface area contributed by atoms with Gasteiger partial charge in [0, 0.05) is 11.1 Å². The van der Waals surface area contributed by atoms with Crippen LogP contribution >= 0.6 is 0 Å². The van der Waals surface area contributed by atoms with Crippen LogP contribution in [0.3, 0.4) is 0 Å². The van der Waals surface area contributed by atoms with Crippen molar-refractivity contribution in [3.05, 3.63) is 95.6 Å². The fourth-order valence-electron chi connectivity index (χ4n) is 2.42. The number of hydrogen-bond acceptors (Lipinski definition) is 4. The highest BCUT2D eigenvalue weighted by Gasteiger charge is 2.14. The number of hydrazone groups is 1. The van der Waals surface area contributed by atoms with Crippen LogP contribution in [-0.2, 0) is 10.0 Å². The summed E-state index contributed by atoms with van der Waals surface area (Å²) in [6.07, 6.45) is 0. The number of nitrogens with zero attached hydrogens (tertiary/aromatic N) is 1. The van der Waals surface area contributed by atoms with Crippen molar-refractivity contribution in [3.63, 3.8) is 0 Å². The molecule has 3 aromatic carbocycles. The first-order valence-electron chi connectivity index (χ1n) is 7.97. The van der Waals surface area contributed by atoms with Crippen molar-refractivity contribution in [3.8, 4) is 5.75 Å². The van der Waals surface area contributed by atoms with E-state index in [1.54, 1.807) is 30.3 Å². The number of rotatable bonds is 5. The summed E-state index contributed by atoms with van der Waals surface area (Å²) in [6.45, 7) is 1.89. The third-order valence-electron chi connectivity index (χ3n) is 3.78. The highest BCUT2D eigenvalue weighted by Crippen LogP contribution is 2.17. The number of hydrogen-bond donors (Lipinski definition) is 2. The Balaban J connectivity index is 2.00. The second-order valence-electron chi connectivity index (χ2n) is 5.78. The Labute approximate surface area is 152 Å². The van der Waals surface area contributed by atoms with E-state index in [0.29, 0.717) is 11.3 Å². The highest BCUT2D eigenvalue weighted by atomic mass is 32.2. The summed E-state index contributed by atoms with van der Waals surface area (Å²) in [7, 11) is -3.80. The van der Waals surface area contributed by atoms with Gasteiger partial charge in [-0.2, -0.15) is 18.4 Å². The third kappa shape index (κ3) is 4.10. The molecule has 132 valence electrons. The van der Waals surface area contributed by atoms with Crippen LogP contribution in [0.5, 0.6) is 5.75 Å². The first-order chi connectivity index (χ1) is 12.5. The van der Waals surface area contributed by atoms with E-state index in [1.807, 2.05) is 37.3 Å². The van der Waals surface area contributed by atoms with E-state index < -0.39 is 10.0 Å². The molecule has 0 saturated heterocycles. The number of phenolic OH excluding ortho intramolecular Hbond substituents is 1. The minimum atomic E-state index is -3.80. The predicted molar refractivity (Wildman–Crippen MR) is 102 cm³/mol. The van der Waals surface area contributed by atoms with Crippen molar-refractivity contribution >= 4 is 15.7 Å². The summed E-state index contributed by atoms with van der Waals surface area (Å²) in [6, 6.07) is 22.2. The smallest absolute Gasteiger partial charge is 0.276 e. The number of aromatic hydroxyl groups is 1. The summed E-state index contributed by atoms with van der Waals surface area (Å²) in [5.41, 5.74) is 2.71. The van der Waals surface area contributed by atoms with Gasteiger partial charge in [0.25, 0.3) is 10.0 Å². The monoisotopic (exact) mass is 366 g/mol. The lowest BCUT2D eigenvalue weighted by atomic mass is 10.0. The molecule has 26 heavy (non-hydrogen) atoms. The zero-order valence-electron chi connectivity index (χ0n) is 14.1. The first-order valence-corrected chi connectivity index (χ1v) is 9.45. The Kier molecular flexibility index (Phi) is 5.04. The molecule has 0 aliphatic carbocycles. The van der Waals surface area contributed by atoms with Gasteiger partial charge in [0.05, 0.1) is 10.6 Å². The van der Waals surface area contributed by atoms with Gasteiger partial charge in [-0.05, 0) is 31.2 Å². The molecule has 0 aliphatic rings. The average molecular weight is 366 g/mol. The third-order valence-corrected chi connectivity index (χ3v) is 5.00. The summed E-state index contributed by atoms with van der Waals surface area (Å²) < 4.78 is 25.0. The molecule has 5 nitrogen and oxygen atoms in total. The van der Waals surface area contributed by atoms with Crippen molar-refractivity contribution < 1.29 is 13.5 Å². The molecule has 3 aromatic rings. The molecule has 0 spiro atoms. The SMILES string of the molecule is Cc1ccc(S(=O)(=O)N/N=C(/c2ccccc2)c2cccc(O)c2)cc1. The second-order valence-corrected chi connectivity index (χ2v) is 7.45.